The van der Waals surface area contributed by atoms with E-state index >= 15 is 0 Å². The molecular weight excluding hydrogens is 350 g/mol. The molecule has 0 bridgehead atoms. The maximum atomic E-state index is 11.9. The fraction of sp³-hybridized carbons (Fsp3) is 0.625. The molecule has 1 saturated heterocycles. The van der Waals surface area contributed by atoms with Crippen molar-refractivity contribution in [3.63, 3.8) is 0 Å². The van der Waals surface area contributed by atoms with Gasteiger partial charge in [0, 0.05) is 25.2 Å². The normalized spacial score (nSPS) is 16.1. The number of carbonyl (C=O) groups is 3. The van der Waals surface area contributed by atoms with Gasteiger partial charge in [0.2, 0.25) is 11.8 Å². The molecule has 156 valence electrons. The lowest BCUT2D eigenvalue weighted by Gasteiger charge is -2.14. The van der Waals surface area contributed by atoms with Gasteiger partial charge in [-0.15, -0.1) is 0 Å². The molecular formula is C24H37NO3. The SMILES string of the molecule is CCC(=O)Cc1ccc(N2C(=O)CC(C)C2=O)cc1.CCCCCCCCC. The first-order valence-electron chi connectivity index (χ1n) is 10.9. The number of ketones is 1. The van der Waals surface area contributed by atoms with E-state index in [9.17, 15) is 14.4 Å². The van der Waals surface area contributed by atoms with Crippen LogP contribution in [0.25, 0.3) is 0 Å². The molecule has 1 aliphatic heterocycles. The van der Waals surface area contributed by atoms with Crippen LogP contribution in [0, 0.1) is 5.92 Å². The predicted molar refractivity (Wildman–Crippen MR) is 115 cm³/mol. The zero-order valence-corrected chi connectivity index (χ0v) is 18.1. The molecule has 1 fully saturated rings. The number of anilines is 1. The lowest BCUT2D eigenvalue weighted by molar-refractivity contribution is -0.122. The maximum absolute atomic E-state index is 11.9. The average Bonchev–Trinajstić information content (AvgIpc) is 2.94. The number of unbranched alkanes of at least 4 members (excludes halogenated alkanes) is 6. The molecule has 4 nitrogen and oxygen atoms in total. The van der Waals surface area contributed by atoms with Crippen molar-refractivity contribution in [3.05, 3.63) is 29.8 Å². The fourth-order valence-corrected chi connectivity index (χ4v) is 3.20. The van der Waals surface area contributed by atoms with Gasteiger partial charge in [0.15, 0.2) is 0 Å². The van der Waals surface area contributed by atoms with Crippen LogP contribution in [0.5, 0.6) is 0 Å². The van der Waals surface area contributed by atoms with Crippen LogP contribution >= 0.6 is 0 Å². The lowest BCUT2D eigenvalue weighted by Crippen LogP contribution is -2.29. The molecule has 0 aromatic heterocycles. The monoisotopic (exact) mass is 387 g/mol. The number of benzene rings is 1. The molecule has 1 aliphatic rings. The van der Waals surface area contributed by atoms with Crippen molar-refractivity contribution >= 4 is 23.3 Å². The number of hydrogen-bond donors (Lipinski definition) is 0. The molecule has 0 N–H and O–H groups in total. The van der Waals surface area contributed by atoms with Crippen LogP contribution in [-0.2, 0) is 20.8 Å². The summed E-state index contributed by atoms with van der Waals surface area (Å²) in [5.74, 6) is -0.374. The molecule has 2 amide bonds. The van der Waals surface area contributed by atoms with Crippen molar-refractivity contribution in [1.82, 2.24) is 0 Å². The molecule has 1 unspecified atom stereocenters. The third kappa shape index (κ3) is 7.95. The first-order chi connectivity index (χ1) is 13.4. The summed E-state index contributed by atoms with van der Waals surface area (Å²) in [7, 11) is 0. The highest BCUT2D eigenvalue weighted by Crippen LogP contribution is 2.26. The Bertz CT molecular complexity index is 615. The van der Waals surface area contributed by atoms with E-state index in [1.807, 2.05) is 6.92 Å². The quantitative estimate of drug-likeness (QED) is 0.373. The zero-order valence-electron chi connectivity index (χ0n) is 18.1. The minimum Gasteiger partial charge on any atom is -0.299 e. The summed E-state index contributed by atoms with van der Waals surface area (Å²) in [6.45, 7) is 8.12. The van der Waals surface area contributed by atoms with Gasteiger partial charge in [-0.2, -0.15) is 0 Å². The Hall–Kier alpha value is -1.97. The van der Waals surface area contributed by atoms with E-state index in [0.717, 1.165) is 5.56 Å². The van der Waals surface area contributed by atoms with Gasteiger partial charge in [0.25, 0.3) is 0 Å². The molecule has 0 radical (unpaired) electrons. The molecule has 1 atom stereocenters. The lowest BCUT2D eigenvalue weighted by atomic mass is 10.1. The third-order valence-corrected chi connectivity index (χ3v) is 5.07. The molecule has 4 heteroatoms. The van der Waals surface area contributed by atoms with Crippen LogP contribution in [0.1, 0.15) is 91.0 Å². The fourth-order valence-electron chi connectivity index (χ4n) is 3.20. The minimum absolute atomic E-state index is 0.151. The summed E-state index contributed by atoms with van der Waals surface area (Å²) >= 11 is 0. The highest BCUT2D eigenvalue weighted by atomic mass is 16.2. The van der Waals surface area contributed by atoms with E-state index in [0.29, 0.717) is 18.5 Å². The van der Waals surface area contributed by atoms with Crippen LogP contribution < -0.4 is 4.90 Å². The van der Waals surface area contributed by atoms with Gasteiger partial charge in [0.1, 0.15) is 5.78 Å². The van der Waals surface area contributed by atoms with Crippen LogP contribution in [0.2, 0.25) is 0 Å². The smallest absolute Gasteiger partial charge is 0.237 e. The van der Waals surface area contributed by atoms with Gasteiger partial charge in [-0.1, -0.05) is 84.8 Å². The first-order valence-corrected chi connectivity index (χ1v) is 10.9. The number of Topliss-reactive ketones (excluding diaryl/α,β-unsaturated/α-hetero) is 1. The molecule has 0 aliphatic carbocycles. The second kappa shape index (κ2) is 13.2. The van der Waals surface area contributed by atoms with Gasteiger partial charge in [-0.3, -0.25) is 19.3 Å². The molecule has 2 rings (SSSR count). The Balaban J connectivity index is 0.000000370. The Morgan fingerprint density at radius 2 is 1.46 bits per heavy atom. The standard InChI is InChI=1S/C15H17NO3.C9H20/c1-3-13(17)9-11-4-6-12(7-5-11)16-14(18)8-10(2)15(16)19;1-3-5-7-9-8-6-4-2/h4-7,10H,3,8-9H2,1-2H3;3-9H2,1-2H3. The van der Waals surface area contributed by atoms with Crippen molar-refractivity contribution in [3.8, 4) is 0 Å². The first kappa shape index (κ1) is 24.1. The second-order valence-corrected chi connectivity index (χ2v) is 7.68. The van der Waals surface area contributed by atoms with Gasteiger partial charge in [-0.25, -0.2) is 0 Å². The average molecular weight is 388 g/mol. The van der Waals surface area contributed by atoms with Gasteiger partial charge in [-0.05, 0) is 17.7 Å². The molecule has 1 aromatic rings. The van der Waals surface area contributed by atoms with E-state index in [4.69, 9.17) is 0 Å². The van der Waals surface area contributed by atoms with Crippen LogP contribution in [0.4, 0.5) is 5.69 Å². The number of hydrogen-bond acceptors (Lipinski definition) is 3. The van der Waals surface area contributed by atoms with Gasteiger partial charge in [0.05, 0.1) is 5.69 Å². The summed E-state index contributed by atoms with van der Waals surface area (Å²) in [6, 6.07) is 7.05. The van der Waals surface area contributed by atoms with Crippen molar-refractivity contribution in [2.45, 2.75) is 91.9 Å². The highest BCUT2D eigenvalue weighted by Gasteiger charge is 2.36. The Kier molecular flexibility index (Phi) is 11.4. The Morgan fingerprint density at radius 1 is 0.929 bits per heavy atom. The molecule has 1 heterocycles. The van der Waals surface area contributed by atoms with Gasteiger partial charge < -0.3 is 0 Å². The Labute approximate surface area is 170 Å². The number of rotatable bonds is 10. The number of nitrogens with zero attached hydrogens (tertiary/aromatic N) is 1. The zero-order chi connectivity index (χ0) is 20.9. The largest absolute Gasteiger partial charge is 0.299 e. The van der Waals surface area contributed by atoms with Crippen LogP contribution in [0.3, 0.4) is 0 Å². The van der Waals surface area contributed by atoms with Crippen molar-refractivity contribution in [2.24, 2.45) is 5.92 Å². The summed E-state index contributed by atoms with van der Waals surface area (Å²) in [5, 5.41) is 0. The maximum Gasteiger partial charge on any atom is 0.237 e. The van der Waals surface area contributed by atoms with Crippen molar-refractivity contribution in [2.75, 3.05) is 4.90 Å². The summed E-state index contributed by atoms with van der Waals surface area (Å²) in [6.07, 6.45) is 11.2. The number of carbonyl (C=O) groups excluding carboxylic acids is 3. The van der Waals surface area contributed by atoms with E-state index in [2.05, 4.69) is 13.8 Å². The van der Waals surface area contributed by atoms with Crippen molar-refractivity contribution < 1.29 is 14.4 Å². The number of amides is 2. The Morgan fingerprint density at radius 3 is 1.89 bits per heavy atom. The molecule has 0 saturated carbocycles. The van der Waals surface area contributed by atoms with Crippen molar-refractivity contribution in [1.29, 1.82) is 0 Å². The number of imide groups is 1. The van der Waals surface area contributed by atoms with Crippen LogP contribution in [0.15, 0.2) is 24.3 Å². The topological polar surface area (TPSA) is 54.5 Å². The highest BCUT2D eigenvalue weighted by molar-refractivity contribution is 6.20. The molecule has 28 heavy (non-hydrogen) atoms. The van der Waals surface area contributed by atoms with E-state index in [1.54, 1.807) is 31.2 Å². The van der Waals surface area contributed by atoms with Gasteiger partial charge >= 0.3 is 0 Å². The molecule has 1 aromatic carbocycles. The third-order valence-electron chi connectivity index (χ3n) is 5.07. The van der Waals surface area contributed by atoms with Crippen LogP contribution in [-0.4, -0.2) is 17.6 Å². The second-order valence-electron chi connectivity index (χ2n) is 7.68. The molecule has 0 spiro atoms. The minimum atomic E-state index is -0.242. The summed E-state index contributed by atoms with van der Waals surface area (Å²) in [4.78, 5) is 36.2. The summed E-state index contributed by atoms with van der Waals surface area (Å²) < 4.78 is 0. The van der Waals surface area contributed by atoms with E-state index in [1.165, 1.54) is 49.8 Å². The van der Waals surface area contributed by atoms with E-state index < -0.39 is 0 Å². The van der Waals surface area contributed by atoms with E-state index in [-0.39, 0.29) is 29.9 Å². The summed E-state index contributed by atoms with van der Waals surface area (Å²) in [5.41, 5.74) is 1.50. The predicted octanol–water partition coefficient (Wildman–Crippen LogP) is 5.86.